The van der Waals surface area contributed by atoms with E-state index in [4.69, 9.17) is 10.2 Å². The van der Waals surface area contributed by atoms with Gasteiger partial charge in [0.15, 0.2) is 12.6 Å². The number of rotatable bonds is 6. The van der Waals surface area contributed by atoms with E-state index >= 15 is 0 Å². The molecule has 1 aromatic heterocycles. The molecule has 0 aliphatic heterocycles. The van der Waals surface area contributed by atoms with Gasteiger partial charge in [-0.25, -0.2) is 4.57 Å². The van der Waals surface area contributed by atoms with E-state index in [1.807, 2.05) is 0 Å². The summed E-state index contributed by atoms with van der Waals surface area (Å²) in [6, 6.07) is -1.97. The maximum Gasteiger partial charge on any atom is 0.435 e. The molecule has 1 heterocycles. The van der Waals surface area contributed by atoms with Gasteiger partial charge in [0.2, 0.25) is 0 Å². The van der Waals surface area contributed by atoms with Crippen molar-refractivity contribution in [2.75, 3.05) is 6.61 Å². The van der Waals surface area contributed by atoms with E-state index in [0.717, 1.165) is 17.0 Å². The summed E-state index contributed by atoms with van der Waals surface area (Å²) in [4.78, 5) is 24.5. The fourth-order valence-electron chi connectivity index (χ4n) is 1.46. The van der Waals surface area contributed by atoms with Gasteiger partial charge in [-0.1, -0.05) is 4.98 Å². The number of carbonyl (C=O) groups excluding carboxylic acids is 1. The summed E-state index contributed by atoms with van der Waals surface area (Å²) in [6.07, 6.45) is -5.85. The number of halogens is 3. The van der Waals surface area contributed by atoms with E-state index in [2.05, 4.69) is 4.98 Å². The fourth-order valence-corrected chi connectivity index (χ4v) is 1.46. The lowest BCUT2D eigenvalue weighted by Gasteiger charge is -2.23. The minimum Gasteiger partial charge on any atom is -0.394 e. The quantitative estimate of drug-likeness (QED) is 0.465. The van der Waals surface area contributed by atoms with Crippen LogP contribution in [0.5, 0.6) is 0 Å². The van der Waals surface area contributed by atoms with Crippen molar-refractivity contribution < 1.29 is 33.1 Å². The lowest BCUT2D eigenvalue weighted by Crippen LogP contribution is -2.52. The van der Waals surface area contributed by atoms with Crippen LogP contribution in [-0.4, -0.2) is 55.5 Å². The molecule has 0 aliphatic carbocycles. The first-order valence-corrected chi connectivity index (χ1v) is 5.47. The zero-order valence-electron chi connectivity index (χ0n) is 10.3. The highest BCUT2D eigenvalue weighted by atomic mass is 19.4. The molecule has 3 N–H and O–H groups in total. The molecule has 0 fully saturated rings. The normalized spacial score (nSPS) is 14.5. The van der Waals surface area contributed by atoms with E-state index < -0.39 is 48.3 Å². The number of aromatic nitrogens is 2. The minimum absolute atomic E-state index is 0.665. The molecule has 0 bridgehead atoms. The third-order valence-electron chi connectivity index (χ3n) is 2.43. The van der Waals surface area contributed by atoms with E-state index in [-0.39, 0.29) is 0 Å². The molecule has 0 spiro atoms. The molecule has 12 heteroatoms. The first-order chi connectivity index (χ1) is 9.66. The highest BCUT2D eigenvalue weighted by Crippen LogP contribution is 2.22. The Balaban J connectivity index is 2.72. The Labute approximate surface area is 115 Å². The Hall–Kier alpha value is -2.21. The molecule has 0 saturated carbocycles. The lowest BCUT2D eigenvalue weighted by atomic mass is 10.1. The Morgan fingerprint density at radius 2 is 2.19 bits per heavy atom. The molecule has 0 saturated heterocycles. The van der Waals surface area contributed by atoms with E-state index in [9.17, 15) is 28.1 Å². The zero-order valence-corrected chi connectivity index (χ0v) is 10.3. The number of hydrogen-bond acceptors (Lipinski definition) is 6. The molecule has 0 aliphatic rings. The summed E-state index contributed by atoms with van der Waals surface area (Å²) >= 11 is 0. The Kier molecular flexibility index (Phi) is 5.21. The van der Waals surface area contributed by atoms with Crippen molar-refractivity contribution in [1.82, 2.24) is 14.9 Å². The highest BCUT2D eigenvalue weighted by Gasteiger charge is 2.44. The van der Waals surface area contributed by atoms with Gasteiger partial charge in [0.1, 0.15) is 12.4 Å². The number of nitrogens with one attached hydrogen (secondary N) is 1. The number of aliphatic hydroxyl groups is 2. The summed E-state index contributed by atoms with van der Waals surface area (Å²) in [6.45, 7) is -1.84. The van der Waals surface area contributed by atoms with E-state index in [0.29, 0.717) is 0 Å². The molecular formula is C9H11F3N4O5. The monoisotopic (exact) mass is 312 g/mol. The van der Waals surface area contributed by atoms with Gasteiger partial charge in [0.25, 0.3) is 5.91 Å². The van der Waals surface area contributed by atoms with Crippen LogP contribution >= 0.6 is 0 Å². The maximum atomic E-state index is 12.3. The summed E-state index contributed by atoms with van der Waals surface area (Å²) in [5.41, 5.74) is 0. The van der Waals surface area contributed by atoms with Crippen molar-refractivity contribution in [3.63, 3.8) is 0 Å². The molecule has 1 aromatic rings. The number of aliphatic hydroxyl groups excluding tert-OH is 2. The molecule has 0 radical (unpaired) electrons. The van der Waals surface area contributed by atoms with Gasteiger partial charge < -0.3 is 25.6 Å². The van der Waals surface area contributed by atoms with Crippen molar-refractivity contribution in [2.45, 2.75) is 24.9 Å². The van der Waals surface area contributed by atoms with Gasteiger partial charge in [-0.2, -0.15) is 13.2 Å². The smallest absolute Gasteiger partial charge is 0.394 e. The number of hydrogen-bond donors (Lipinski definition) is 3. The van der Waals surface area contributed by atoms with Crippen molar-refractivity contribution in [3.8, 4) is 0 Å². The average Bonchev–Trinajstić information content (AvgIpc) is 2.82. The Bertz CT molecular complexity index is 518. The third kappa shape index (κ3) is 4.39. The number of imidazole rings is 1. The van der Waals surface area contributed by atoms with E-state index in [1.165, 1.54) is 0 Å². The Morgan fingerprint density at radius 1 is 1.57 bits per heavy atom. The predicted octanol–water partition coefficient (Wildman–Crippen LogP) is -0.808. The molecule has 2 atom stereocenters. The second-order valence-electron chi connectivity index (χ2n) is 3.96. The first-order valence-electron chi connectivity index (χ1n) is 5.47. The number of carbonyl (C=O) groups is 1. The van der Waals surface area contributed by atoms with Crippen molar-refractivity contribution >= 4 is 11.9 Å². The topological polar surface area (TPSA) is 131 Å². The second kappa shape index (κ2) is 6.49. The van der Waals surface area contributed by atoms with Crippen LogP contribution in [0.2, 0.25) is 0 Å². The average molecular weight is 312 g/mol. The van der Waals surface area contributed by atoms with E-state index in [1.54, 1.807) is 5.32 Å². The summed E-state index contributed by atoms with van der Waals surface area (Å²) in [5.74, 6) is -1.72. The van der Waals surface area contributed by atoms with Gasteiger partial charge >= 0.3 is 12.1 Å². The molecule has 0 aromatic carbocycles. The van der Waals surface area contributed by atoms with Crippen LogP contribution in [0.25, 0.3) is 0 Å². The molecule has 2 unspecified atom stereocenters. The second-order valence-corrected chi connectivity index (χ2v) is 3.96. The van der Waals surface area contributed by atoms with Crippen molar-refractivity contribution in [2.24, 2.45) is 0 Å². The maximum absolute atomic E-state index is 12.3. The van der Waals surface area contributed by atoms with Crippen LogP contribution in [-0.2, 0) is 11.3 Å². The molecule has 21 heavy (non-hydrogen) atoms. The van der Waals surface area contributed by atoms with Crippen molar-refractivity contribution in [1.29, 1.82) is 0 Å². The number of amides is 1. The SMILES string of the molecule is O=C(Cn1ccnc1[N+](=O)[O-])NC(CO)C(O)C(F)(F)F. The largest absolute Gasteiger partial charge is 0.435 e. The number of nitro groups is 1. The van der Waals surface area contributed by atoms with Crippen LogP contribution < -0.4 is 5.32 Å². The van der Waals surface area contributed by atoms with Gasteiger partial charge in [-0.15, -0.1) is 0 Å². The summed E-state index contributed by atoms with van der Waals surface area (Å²) < 4.78 is 37.6. The van der Waals surface area contributed by atoms with Crippen LogP contribution in [0.1, 0.15) is 0 Å². The fraction of sp³-hybridized carbons (Fsp3) is 0.556. The molecule has 1 amide bonds. The van der Waals surface area contributed by atoms with Gasteiger partial charge in [0, 0.05) is 0 Å². The van der Waals surface area contributed by atoms with Crippen LogP contribution in [0.4, 0.5) is 19.1 Å². The predicted molar refractivity (Wildman–Crippen MR) is 60.0 cm³/mol. The highest BCUT2D eigenvalue weighted by molar-refractivity contribution is 5.76. The molecule has 9 nitrogen and oxygen atoms in total. The zero-order chi connectivity index (χ0) is 16.2. The number of alkyl halides is 3. The minimum atomic E-state index is -5.03. The third-order valence-corrected chi connectivity index (χ3v) is 2.43. The standard InChI is InChI=1S/C9H11F3N4O5/c10-9(11,12)7(19)5(4-17)14-6(18)3-15-2-1-13-8(15)16(20)21/h1-2,5,7,17,19H,3-4H2,(H,14,18). The molecular weight excluding hydrogens is 301 g/mol. The molecule has 118 valence electrons. The van der Waals surface area contributed by atoms with Crippen LogP contribution in [0.3, 0.4) is 0 Å². The molecule has 1 rings (SSSR count). The Morgan fingerprint density at radius 3 is 2.67 bits per heavy atom. The van der Waals surface area contributed by atoms with Crippen LogP contribution in [0, 0.1) is 10.1 Å². The van der Waals surface area contributed by atoms with Crippen LogP contribution in [0.15, 0.2) is 12.4 Å². The summed E-state index contributed by atoms with van der Waals surface area (Å²) in [5, 5.41) is 30.0. The van der Waals surface area contributed by atoms with Crippen molar-refractivity contribution in [3.05, 3.63) is 22.5 Å². The summed E-state index contributed by atoms with van der Waals surface area (Å²) in [7, 11) is 0. The van der Waals surface area contributed by atoms with Gasteiger partial charge in [0.05, 0.1) is 12.6 Å². The first kappa shape index (κ1) is 16.8. The van der Waals surface area contributed by atoms with Gasteiger partial charge in [-0.3, -0.25) is 4.79 Å². The van der Waals surface area contributed by atoms with Gasteiger partial charge in [-0.05, 0) is 4.92 Å². The lowest BCUT2D eigenvalue weighted by molar-refractivity contribution is -0.396. The number of nitrogens with zero attached hydrogens (tertiary/aromatic N) is 3.